The van der Waals surface area contributed by atoms with E-state index in [0.29, 0.717) is 16.2 Å². The van der Waals surface area contributed by atoms with Crippen molar-refractivity contribution < 1.29 is 4.79 Å². The number of carbonyl (C=O) groups is 1. The van der Waals surface area contributed by atoms with E-state index in [1.54, 1.807) is 34.7 Å². The number of fused-ring (bicyclic) bond motifs is 1. The molecule has 0 saturated heterocycles. The molecule has 106 valence electrons. The van der Waals surface area contributed by atoms with Crippen LogP contribution in [0.1, 0.15) is 15.4 Å². The second-order valence-corrected chi connectivity index (χ2v) is 5.43. The van der Waals surface area contributed by atoms with E-state index in [9.17, 15) is 4.79 Å². The molecule has 0 bridgehead atoms. The highest BCUT2D eigenvalue weighted by atomic mass is 32.1. The van der Waals surface area contributed by atoms with Crippen molar-refractivity contribution in [2.75, 3.05) is 0 Å². The van der Waals surface area contributed by atoms with Gasteiger partial charge >= 0.3 is 0 Å². The summed E-state index contributed by atoms with van der Waals surface area (Å²) < 4.78 is 1.65. The number of carbonyl (C=O) groups excluding carboxylic acids is 1. The molecule has 0 radical (unpaired) electrons. The molecule has 0 N–H and O–H groups in total. The summed E-state index contributed by atoms with van der Waals surface area (Å²) in [5.74, 6) is -0.166. The molecule has 6 nitrogen and oxygen atoms in total. The monoisotopic (exact) mass is 307 g/mol. The number of ketones is 1. The third kappa shape index (κ3) is 1.99. The molecule has 0 saturated carbocycles. The molecule has 7 heteroatoms. The SMILES string of the molecule is O=C(c1nccs1)c1cnn2c(-c3cccnc3)ccnc12. The molecule has 4 heterocycles. The first kappa shape index (κ1) is 12.8. The molecule has 4 aromatic heterocycles. The maximum atomic E-state index is 12.5. The van der Waals surface area contributed by atoms with Gasteiger partial charge in [0.25, 0.3) is 0 Å². The molecule has 22 heavy (non-hydrogen) atoms. The maximum absolute atomic E-state index is 12.5. The number of rotatable bonds is 3. The van der Waals surface area contributed by atoms with Gasteiger partial charge in [0.2, 0.25) is 5.78 Å². The molecule has 0 spiro atoms. The van der Waals surface area contributed by atoms with Crippen molar-refractivity contribution in [3.8, 4) is 11.3 Å². The Kier molecular flexibility index (Phi) is 2.97. The smallest absolute Gasteiger partial charge is 0.226 e. The van der Waals surface area contributed by atoms with Crippen LogP contribution in [0.25, 0.3) is 16.9 Å². The van der Waals surface area contributed by atoms with Crippen molar-refractivity contribution in [2.45, 2.75) is 0 Å². The van der Waals surface area contributed by atoms with Crippen LogP contribution in [0.2, 0.25) is 0 Å². The van der Waals surface area contributed by atoms with Crippen LogP contribution in [-0.4, -0.2) is 30.3 Å². The van der Waals surface area contributed by atoms with E-state index < -0.39 is 0 Å². The average Bonchev–Trinajstić information content (AvgIpc) is 3.24. The molecule has 0 amide bonds. The summed E-state index contributed by atoms with van der Waals surface area (Å²) in [7, 11) is 0. The van der Waals surface area contributed by atoms with Gasteiger partial charge in [-0.1, -0.05) is 0 Å². The number of hydrogen-bond donors (Lipinski definition) is 0. The summed E-state index contributed by atoms with van der Waals surface area (Å²) in [6.45, 7) is 0. The lowest BCUT2D eigenvalue weighted by molar-refractivity contribution is 0.103. The van der Waals surface area contributed by atoms with Gasteiger partial charge in [-0.15, -0.1) is 11.3 Å². The van der Waals surface area contributed by atoms with Crippen molar-refractivity contribution in [3.05, 3.63) is 65.1 Å². The molecule has 0 atom stereocenters. The summed E-state index contributed by atoms with van der Waals surface area (Å²) >= 11 is 1.30. The van der Waals surface area contributed by atoms with Gasteiger partial charge < -0.3 is 0 Å². The zero-order valence-electron chi connectivity index (χ0n) is 11.2. The fraction of sp³-hybridized carbons (Fsp3) is 0. The van der Waals surface area contributed by atoms with Gasteiger partial charge in [0, 0.05) is 35.7 Å². The predicted molar refractivity (Wildman–Crippen MR) is 81.8 cm³/mol. The fourth-order valence-electron chi connectivity index (χ4n) is 2.24. The fourth-order valence-corrected chi connectivity index (χ4v) is 2.82. The van der Waals surface area contributed by atoms with Crippen LogP contribution in [0.3, 0.4) is 0 Å². The summed E-state index contributed by atoms with van der Waals surface area (Å²) in [5.41, 5.74) is 2.70. The Morgan fingerprint density at radius 1 is 1.09 bits per heavy atom. The van der Waals surface area contributed by atoms with E-state index in [0.717, 1.165) is 11.3 Å². The highest BCUT2D eigenvalue weighted by molar-refractivity contribution is 7.11. The highest BCUT2D eigenvalue weighted by Gasteiger charge is 2.19. The zero-order valence-corrected chi connectivity index (χ0v) is 12.1. The largest absolute Gasteiger partial charge is 0.286 e. The molecule has 0 aliphatic carbocycles. The molecular formula is C15H9N5OS. The molecular weight excluding hydrogens is 298 g/mol. The third-order valence-electron chi connectivity index (χ3n) is 3.23. The van der Waals surface area contributed by atoms with Gasteiger partial charge in [-0.25, -0.2) is 14.5 Å². The van der Waals surface area contributed by atoms with Gasteiger partial charge in [0.05, 0.1) is 17.5 Å². The Morgan fingerprint density at radius 2 is 2.05 bits per heavy atom. The average molecular weight is 307 g/mol. The van der Waals surface area contributed by atoms with Crippen molar-refractivity contribution in [1.82, 2.24) is 24.6 Å². The summed E-state index contributed by atoms with van der Waals surface area (Å²) in [6, 6.07) is 5.63. The third-order valence-corrected chi connectivity index (χ3v) is 4.00. The van der Waals surface area contributed by atoms with E-state index in [1.807, 2.05) is 18.2 Å². The second-order valence-electron chi connectivity index (χ2n) is 4.53. The van der Waals surface area contributed by atoms with Gasteiger partial charge in [-0.2, -0.15) is 5.10 Å². The predicted octanol–water partition coefficient (Wildman–Crippen LogP) is 2.48. The van der Waals surface area contributed by atoms with Crippen LogP contribution in [0.5, 0.6) is 0 Å². The van der Waals surface area contributed by atoms with E-state index >= 15 is 0 Å². The first-order valence-corrected chi connectivity index (χ1v) is 7.40. The van der Waals surface area contributed by atoms with Crippen molar-refractivity contribution in [1.29, 1.82) is 0 Å². The van der Waals surface area contributed by atoms with Crippen LogP contribution >= 0.6 is 11.3 Å². The van der Waals surface area contributed by atoms with Gasteiger partial charge in [0.1, 0.15) is 0 Å². The Balaban J connectivity index is 1.89. The molecule has 0 aromatic carbocycles. The Morgan fingerprint density at radius 3 is 2.82 bits per heavy atom. The van der Waals surface area contributed by atoms with Crippen LogP contribution < -0.4 is 0 Å². The minimum Gasteiger partial charge on any atom is -0.286 e. The van der Waals surface area contributed by atoms with E-state index in [2.05, 4.69) is 20.1 Å². The quantitative estimate of drug-likeness (QED) is 0.544. The zero-order chi connectivity index (χ0) is 14.9. The lowest BCUT2D eigenvalue weighted by Crippen LogP contribution is -2.02. The molecule has 0 aliphatic heterocycles. The Bertz CT molecular complexity index is 947. The van der Waals surface area contributed by atoms with Crippen molar-refractivity contribution >= 4 is 22.8 Å². The minimum atomic E-state index is -0.166. The number of thiazole rings is 1. The van der Waals surface area contributed by atoms with Crippen LogP contribution in [0, 0.1) is 0 Å². The van der Waals surface area contributed by atoms with E-state index in [1.165, 1.54) is 17.5 Å². The minimum absolute atomic E-state index is 0.166. The topological polar surface area (TPSA) is 73.0 Å². The van der Waals surface area contributed by atoms with Gasteiger partial charge in [-0.05, 0) is 18.2 Å². The van der Waals surface area contributed by atoms with Crippen LogP contribution in [0.4, 0.5) is 0 Å². The highest BCUT2D eigenvalue weighted by Crippen LogP contribution is 2.21. The first-order valence-electron chi connectivity index (χ1n) is 6.52. The number of hydrogen-bond acceptors (Lipinski definition) is 6. The number of pyridine rings is 1. The number of nitrogens with zero attached hydrogens (tertiary/aromatic N) is 5. The normalized spacial score (nSPS) is 10.9. The Labute approximate surface area is 129 Å². The van der Waals surface area contributed by atoms with E-state index in [4.69, 9.17) is 0 Å². The van der Waals surface area contributed by atoms with Crippen molar-refractivity contribution in [2.24, 2.45) is 0 Å². The Hall–Kier alpha value is -2.93. The summed E-state index contributed by atoms with van der Waals surface area (Å²) in [4.78, 5) is 24.9. The standard InChI is InChI=1S/C15H9N5OS/c21-13(15-18-6-7-22-15)11-9-19-20-12(3-5-17-14(11)20)10-2-1-4-16-8-10/h1-9H. The summed E-state index contributed by atoms with van der Waals surface area (Å²) in [5, 5.41) is 6.51. The first-order chi connectivity index (χ1) is 10.8. The number of aromatic nitrogens is 5. The molecule has 4 rings (SSSR count). The molecule has 0 unspecified atom stereocenters. The molecule has 0 fully saturated rings. The molecule has 4 aromatic rings. The summed E-state index contributed by atoms with van der Waals surface area (Å²) in [6.07, 6.45) is 8.27. The van der Waals surface area contributed by atoms with Crippen molar-refractivity contribution in [3.63, 3.8) is 0 Å². The van der Waals surface area contributed by atoms with Crippen LogP contribution in [-0.2, 0) is 0 Å². The van der Waals surface area contributed by atoms with Gasteiger partial charge in [-0.3, -0.25) is 9.78 Å². The van der Waals surface area contributed by atoms with Gasteiger partial charge in [0.15, 0.2) is 10.7 Å². The molecule has 0 aliphatic rings. The maximum Gasteiger partial charge on any atom is 0.226 e. The lowest BCUT2D eigenvalue weighted by atomic mass is 10.2. The van der Waals surface area contributed by atoms with E-state index in [-0.39, 0.29) is 5.78 Å². The second kappa shape index (κ2) is 5.12. The van der Waals surface area contributed by atoms with Crippen LogP contribution in [0.15, 0.2) is 54.6 Å². The lowest BCUT2D eigenvalue weighted by Gasteiger charge is -2.03.